The fourth-order valence-corrected chi connectivity index (χ4v) is 4.56. The van der Waals surface area contributed by atoms with Gasteiger partial charge < -0.3 is 10.6 Å². The second kappa shape index (κ2) is 12.4. The van der Waals surface area contributed by atoms with Gasteiger partial charge in [0.25, 0.3) is 5.91 Å². The van der Waals surface area contributed by atoms with Crippen LogP contribution in [0.4, 0.5) is 0 Å². The molecule has 2 saturated heterocycles. The molecule has 2 fully saturated rings. The summed E-state index contributed by atoms with van der Waals surface area (Å²) in [5.74, 6) is -0.104. The minimum Gasteiger partial charge on any atom is -0.349 e. The largest absolute Gasteiger partial charge is 0.349 e. The van der Waals surface area contributed by atoms with E-state index >= 15 is 0 Å². The van der Waals surface area contributed by atoms with E-state index < -0.39 is 0 Å². The molecule has 0 spiro atoms. The number of aromatic nitrogens is 3. The van der Waals surface area contributed by atoms with Crippen molar-refractivity contribution in [1.29, 1.82) is 0 Å². The zero-order chi connectivity index (χ0) is 20.1. The summed E-state index contributed by atoms with van der Waals surface area (Å²) in [6.45, 7) is 6.62. The summed E-state index contributed by atoms with van der Waals surface area (Å²) < 4.78 is 1.94. The van der Waals surface area contributed by atoms with Crippen LogP contribution in [0.5, 0.6) is 0 Å². The molecule has 0 saturated carbocycles. The third kappa shape index (κ3) is 6.42. The zero-order valence-electron chi connectivity index (χ0n) is 18.1. The normalized spacial score (nSPS) is 19.8. The van der Waals surface area contributed by atoms with Crippen LogP contribution >= 0.6 is 24.8 Å². The van der Waals surface area contributed by atoms with Gasteiger partial charge in [-0.05, 0) is 57.8 Å². The van der Waals surface area contributed by atoms with E-state index in [0.29, 0.717) is 24.3 Å². The number of carbonyl (C=O) groups is 1. The number of nitrogens with one attached hydrogen (secondary N) is 2. The van der Waals surface area contributed by atoms with Crippen molar-refractivity contribution < 1.29 is 4.79 Å². The van der Waals surface area contributed by atoms with Crippen LogP contribution in [0.25, 0.3) is 0 Å². The Kier molecular flexibility index (Phi) is 10.2. The van der Waals surface area contributed by atoms with Gasteiger partial charge in [-0.25, -0.2) is 4.68 Å². The van der Waals surface area contributed by atoms with E-state index in [2.05, 4.69) is 56.2 Å². The Morgan fingerprint density at radius 1 is 1.13 bits per heavy atom. The van der Waals surface area contributed by atoms with Crippen LogP contribution in [0.15, 0.2) is 30.3 Å². The first-order chi connectivity index (χ1) is 14.2. The van der Waals surface area contributed by atoms with Gasteiger partial charge in [-0.1, -0.05) is 42.0 Å². The van der Waals surface area contributed by atoms with Gasteiger partial charge in [0.15, 0.2) is 5.69 Å². The highest BCUT2D eigenvalue weighted by atomic mass is 35.5. The summed E-state index contributed by atoms with van der Waals surface area (Å²) >= 11 is 0. The predicted molar refractivity (Wildman–Crippen MR) is 127 cm³/mol. The molecule has 2 aromatic rings. The smallest absolute Gasteiger partial charge is 0.273 e. The highest BCUT2D eigenvalue weighted by Gasteiger charge is 2.26. The highest BCUT2D eigenvalue weighted by Crippen LogP contribution is 2.21. The van der Waals surface area contributed by atoms with E-state index in [1.165, 1.54) is 18.4 Å². The van der Waals surface area contributed by atoms with Crippen LogP contribution in [0.3, 0.4) is 0 Å². The number of benzene rings is 1. The lowest BCUT2D eigenvalue weighted by Gasteiger charge is -2.35. The van der Waals surface area contributed by atoms with E-state index in [0.717, 1.165) is 51.1 Å². The minimum atomic E-state index is -0.104. The molecule has 31 heavy (non-hydrogen) atoms. The second-order valence-corrected chi connectivity index (χ2v) is 8.26. The summed E-state index contributed by atoms with van der Waals surface area (Å²) in [5, 5.41) is 15.0. The van der Waals surface area contributed by atoms with Crippen molar-refractivity contribution in [2.45, 2.75) is 57.7 Å². The molecule has 2 aliphatic rings. The van der Waals surface area contributed by atoms with E-state index in [4.69, 9.17) is 0 Å². The van der Waals surface area contributed by atoms with Gasteiger partial charge >= 0.3 is 0 Å². The van der Waals surface area contributed by atoms with Crippen molar-refractivity contribution in [3.8, 4) is 0 Å². The fourth-order valence-electron chi connectivity index (χ4n) is 4.56. The second-order valence-electron chi connectivity index (χ2n) is 8.26. The third-order valence-electron chi connectivity index (χ3n) is 6.27. The summed E-state index contributed by atoms with van der Waals surface area (Å²) in [6.07, 6.45) is 5.62. The molecule has 0 aliphatic carbocycles. The van der Waals surface area contributed by atoms with E-state index in [9.17, 15) is 4.79 Å². The molecule has 1 amide bonds. The predicted octanol–water partition coefficient (Wildman–Crippen LogP) is 3.14. The molecule has 0 bridgehead atoms. The number of piperidine rings is 2. The number of rotatable bonds is 6. The molecule has 3 heterocycles. The van der Waals surface area contributed by atoms with Crippen molar-refractivity contribution in [2.75, 3.05) is 26.2 Å². The van der Waals surface area contributed by atoms with Crippen molar-refractivity contribution >= 4 is 30.7 Å². The van der Waals surface area contributed by atoms with Crippen molar-refractivity contribution in [1.82, 2.24) is 30.5 Å². The SMILES string of the molecule is Cc1c(C(=O)NCC2CCCCN2Cc2ccccc2)nnn1C1CCNCC1.Cl.Cl. The number of carbonyl (C=O) groups excluding carboxylic acids is 1. The molecule has 4 rings (SSSR count). The molecule has 172 valence electrons. The number of nitrogens with zero attached hydrogens (tertiary/aromatic N) is 4. The zero-order valence-corrected chi connectivity index (χ0v) is 19.8. The van der Waals surface area contributed by atoms with Crippen LogP contribution in [-0.2, 0) is 6.54 Å². The van der Waals surface area contributed by atoms with Gasteiger partial charge in [0.1, 0.15) is 0 Å². The molecule has 0 radical (unpaired) electrons. The molecule has 9 heteroatoms. The van der Waals surface area contributed by atoms with E-state index in [-0.39, 0.29) is 30.7 Å². The van der Waals surface area contributed by atoms with Crippen molar-refractivity contribution in [3.63, 3.8) is 0 Å². The lowest BCUT2D eigenvalue weighted by atomic mass is 10.0. The summed E-state index contributed by atoms with van der Waals surface area (Å²) in [4.78, 5) is 15.3. The van der Waals surface area contributed by atoms with Gasteiger partial charge in [-0.2, -0.15) is 0 Å². The number of halogens is 2. The maximum absolute atomic E-state index is 12.8. The number of amides is 1. The van der Waals surface area contributed by atoms with Gasteiger partial charge in [-0.15, -0.1) is 29.9 Å². The number of likely N-dealkylation sites (tertiary alicyclic amines) is 1. The van der Waals surface area contributed by atoms with Gasteiger partial charge in [-0.3, -0.25) is 9.69 Å². The lowest BCUT2D eigenvalue weighted by molar-refractivity contribution is 0.0902. The molecule has 1 aromatic carbocycles. The number of hydrogen-bond acceptors (Lipinski definition) is 5. The number of hydrogen-bond donors (Lipinski definition) is 2. The quantitative estimate of drug-likeness (QED) is 0.680. The molecular formula is C22H34Cl2N6O. The van der Waals surface area contributed by atoms with E-state index in [1.54, 1.807) is 0 Å². The molecule has 7 nitrogen and oxygen atoms in total. The Hall–Kier alpha value is -1.67. The first-order valence-corrected chi connectivity index (χ1v) is 10.9. The lowest BCUT2D eigenvalue weighted by Crippen LogP contribution is -2.46. The van der Waals surface area contributed by atoms with Crippen LogP contribution in [-0.4, -0.2) is 58.0 Å². The molecule has 1 aromatic heterocycles. The van der Waals surface area contributed by atoms with Crippen LogP contribution < -0.4 is 10.6 Å². The monoisotopic (exact) mass is 468 g/mol. The minimum absolute atomic E-state index is 0. The third-order valence-corrected chi connectivity index (χ3v) is 6.27. The standard InChI is InChI=1S/C22H32N6O.2ClH/c1-17-21(25-26-28(17)19-10-12-23-13-11-19)22(29)24-15-20-9-5-6-14-27(20)16-18-7-3-2-4-8-18;;/h2-4,7-8,19-20,23H,5-6,9-16H2,1H3,(H,24,29);2*1H. The highest BCUT2D eigenvalue weighted by molar-refractivity contribution is 5.93. The first-order valence-electron chi connectivity index (χ1n) is 10.9. The molecule has 2 N–H and O–H groups in total. The Labute approximate surface area is 197 Å². The summed E-state index contributed by atoms with van der Waals surface area (Å²) in [6, 6.07) is 11.3. The first kappa shape index (κ1) is 25.6. The summed E-state index contributed by atoms with van der Waals surface area (Å²) in [5.41, 5.74) is 2.67. The Morgan fingerprint density at radius 2 is 1.87 bits per heavy atom. The molecule has 1 atom stereocenters. The van der Waals surface area contributed by atoms with Crippen molar-refractivity contribution in [2.24, 2.45) is 0 Å². The van der Waals surface area contributed by atoms with Crippen LogP contribution in [0.1, 0.15) is 59.9 Å². The Balaban J connectivity index is 0.00000171. The summed E-state index contributed by atoms with van der Waals surface area (Å²) in [7, 11) is 0. The fraction of sp³-hybridized carbons (Fsp3) is 0.591. The van der Waals surface area contributed by atoms with Gasteiger partial charge in [0.05, 0.1) is 11.7 Å². The Morgan fingerprint density at radius 3 is 2.61 bits per heavy atom. The molecule has 2 aliphatic heterocycles. The van der Waals surface area contributed by atoms with Gasteiger partial charge in [0.2, 0.25) is 0 Å². The van der Waals surface area contributed by atoms with Crippen LogP contribution in [0, 0.1) is 6.92 Å². The average molecular weight is 469 g/mol. The van der Waals surface area contributed by atoms with Crippen molar-refractivity contribution in [3.05, 3.63) is 47.3 Å². The van der Waals surface area contributed by atoms with Crippen LogP contribution in [0.2, 0.25) is 0 Å². The molecular weight excluding hydrogens is 435 g/mol. The maximum Gasteiger partial charge on any atom is 0.273 e. The maximum atomic E-state index is 12.8. The van der Waals surface area contributed by atoms with Gasteiger partial charge in [0, 0.05) is 19.1 Å². The average Bonchev–Trinajstić information content (AvgIpc) is 3.16. The molecule has 1 unspecified atom stereocenters. The Bertz CT molecular complexity index is 810. The topological polar surface area (TPSA) is 75.1 Å². The van der Waals surface area contributed by atoms with E-state index in [1.807, 2.05) is 11.6 Å².